The Morgan fingerprint density at radius 1 is 1.19 bits per heavy atom. The topological polar surface area (TPSA) is 84.9 Å². The molecule has 0 saturated heterocycles. The fourth-order valence-electron chi connectivity index (χ4n) is 2.43. The van der Waals surface area contributed by atoms with E-state index >= 15 is 0 Å². The van der Waals surface area contributed by atoms with Crippen molar-refractivity contribution in [3.8, 4) is 11.5 Å². The zero-order valence-corrected chi connectivity index (χ0v) is 15.8. The van der Waals surface area contributed by atoms with Crippen LogP contribution in [0.1, 0.15) is 0 Å². The molecule has 7 nitrogen and oxygen atoms in total. The molecule has 0 atom stereocenters. The molecular formula is C17H16ClFN2O5S. The zero-order chi connectivity index (χ0) is 19.6. The molecule has 0 bridgehead atoms. The smallest absolute Gasteiger partial charge is 0.243 e. The van der Waals surface area contributed by atoms with E-state index < -0.39 is 28.3 Å². The maximum absolute atomic E-state index is 13.7. The Balaban J connectivity index is 1.73. The molecule has 1 N–H and O–H groups in total. The van der Waals surface area contributed by atoms with Gasteiger partial charge in [-0.3, -0.25) is 4.79 Å². The van der Waals surface area contributed by atoms with Gasteiger partial charge in [0.15, 0.2) is 11.5 Å². The molecular weight excluding hydrogens is 399 g/mol. The lowest BCUT2D eigenvalue weighted by molar-refractivity contribution is -0.116. The Kier molecular flexibility index (Phi) is 5.54. The number of rotatable bonds is 5. The minimum Gasteiger partial charge on any atom is -0.486 e. The number of nitrogens with zero attached hydrogens (tertiary/aromatic N) is 1. The van der Waals surface area contributed by atoms with Crippen LogP contribution in [-0.4, -0.2) is 45.4 Å². The molecule has 0 aromatic heterocycles. The second kappa shape index (κ2) is 7.71. The molecule has 1 aliphatic heterocycles. The average Bonchev–Trinajstić information content (AvgIpc) is 2.64. The van der Waals surface area contributed by atoms with Gasteiger partial charge in [0.1, 0.15) is 19.0 Å². The second-order valence-corrected chi connectivity index (χ2v) is 8.22. The van der Waals surface area contributed by atoms with Crippen molar-refractivity contribution >= 4 is 33.2 Å². The van der Waals surface area contributed by atoms with Crippen molar-refractivity contribution in [3.63, 3.8) is 0 Å². The van der Waals surface area contributed by atoms with Crippen LogP contribution in [0.5, 0.6) is 11.5 Å². The second-order valence-electron chi connectivity index (χ2n) is 5.74. The van der Waals surface area contributed by atoms with Gasteiger partial charge in [-0.25, -0.2) is 12.8 Å². The number of likely N-dealkylation sites (N-methyl/N-ethyl adjacent to an activating group) is 1. The SMILES string of the molecule is CN(CC(=O)Nc1cc(Cl)ccc1F)S(=O)(=O)c1ccc2c(c1)OCCO2. The van der Waals surface area contributed by atoms with Crippen LogP contribution < -0.4 is 14.8 Å². The normalized spacial score (nSPS) is 13.5. The van der Waals surface area contributed by atoms with Crippen LogP contribution in [0.15, 0.2) is 41.3 Å². The number of sulfonamides is 1. The predicted octanol–water partition coefficient (Wildman–Crippen LogP) is 2.51. The lowest BCUT2D eigenvalue weighted by Crippen LogP contribution is -2.35. The lowest BCUT2D eigenvalue weighted by atomic mass is 10.3. The van der Waals surface area contributed by atoms with E-state index in [4.69, 9.17) is 21.1 Å². The quantitative estimate of drug-likeness (QED) is 0.812. The molecule has 2 aromatic rings. The molecule has 144 valence electrons. The van der Waals surface area contributed by atoms with E-state index in [2.05, 4.69) is 5.32 Å². The number of carbonyl (C=O) groups excluding carboxylic acids is 1. The van der Waals surface area contributed by atoms with Gasteiger partial charge in [0.25, 0.3) is 0 Å². The molecule has 0 aliphatic carbocycles. The van der Waals surface area contributed by atoms with Gasteiger partial charge in [0.05, 0.1) is 17.1 Å². The van der Waals surface area contributed by atoms with Crippen LogP contribution >= 0.6 is 11.6 Å². The highest BCUT2D eigenvalue weighted by atomic mass is 35.5. The van der Waals surface area contributed by atoms with Gasteiger partial charge < -0.3 is 14.8 Å². The van der Waals surface area contributed by atoms with Crippen molar-refractivity contribution in [1.82, 2.24) is 4.31 Å². The molecule has 2 aromatic carbocycles. The Labute approximate surface area is 160 Å². The van der Waals surface area contributed by atoms with Crippen LogP contribution in [0.3, 0.4) is 0 Å². The Morgan fingerprint density at radius 2 is 1.89 bits per heavy atom. The molecule has 0 radical (unpaired) electrons. The number of anilines is 1. The molecule has 27 heavy (non-hydrogen) atoms. The summed E-state index contributed by atoms with van der Waals surface area (Å²) in [6.07, 6.45) is 0. The van der Waals surface area contributed by atoms with Crippen LogP contribution in [-0.2, 0) is 14.8 Å². The summed E-state index contributed by atoms with van der Waals surface area (Å²) in [6.45, 7) is 0.196. The molecule has 0 spiro atoms. The van der Waals surface area contributed by atoms with Crippen LogP contribution in [0.2, 0.25) is 5.02 Å². The van der Waals surface area contributed by atoms with Crippen molar-refractivity contribution in [2.24, 2.45) is 0 Å². The van der Waals surface area contributed by atoms with Crippen LogP contribution in [0.25, 0.3) is 0 Å². The number of ether oxygens (including phenoxy) is 2. The Hall–Kier alpha value is -2.36. The summed E-state index contributed by atoms with van der Waals surface area (Å²) in [5.41, 5.74) is -0.127. The highest BCUT2D eigenvalue weighted by Crippen LogP contribution is 2.33. The van der Waals surface area contributed by atoms with E-state index in [0.717, 1.165) is 10.4 Å². The largest absolute Gasteiger partial charge is 0.486 e. The summed E-state index contributed by atoms with van der Waals surface area (Å²) in [5, 5.41) is 2.55. The van der Waals surface area contributed by atoms with Crippen molar-refractivity contribution in [1.29, 1.82) is 0 Å². The first-order valence-corrected chi connectivity index (χ1v) is 9.70. The van der Waals surface area contributed by atoms with E-state index in [9.17, 15) is 17.6 Å². The molecule has 3 rings (SSSR count). The standard InChI is InChI=1S/C17H16ClFN2O5S/c1-21(10-17(22)20-14-8-11(18)2-4-13(14)19)27(23,24)12-3-5-15-16(9-12)26-7-6-25-15/h2-5,8-9H,6-7,10H2,1H3,(H,20,22). The summed E-state index contributed by atoms with van der Waals surface area (Å²) >= 11 is 5.77. The summed E-state index contributed by atoms with van der Waals surface area (Å²) in [7, 11) is -2.71. The van der Waals surface area contributed by atoms with E-state index in [1.807, 2.05) is 0 Å². The number of benzene rings is 2. The first kappa shape index (κ1) is 19.4. The number of hydrogen-bond acceptors (Lipinski definition) is 5. The van der Waals surface area contributed by atoms with E-state index in [1.165, 1.54) is 37.4 Å². The molecule has 0 unspecified atom stereocenters. The summed E-state index contributed by atoms with van der Waals surface area (Å²) in [4.78, 5) is 12.1. The zero-order valence-electron chi connectivity index (χ0n) is 14.2. The predicted molar refractivity (Wildman–Crippen MR) is 97.3 cm³/mol. The highest BCUT2D eigenvalue weighted by molar-refractivity contribution is 7.89. The maximum Gasteiger partial charge on any atom is 0.243 e. The number of nitrogens with one attached hydrogen (secondary N) is 1. The van der Waals surface area contributed by atoms with Gasteiger partial charge in [-0.05, 0) is 30.3 Å². The van der Waals surface area contributed by atoms with Crippen LogP contribution in [0.4, 0.5) is 10.1 Å². The highest BCUT2D eigenvalue weighted by Gasteiger charge is 2.25. The molecule has 10 heteroatoms. The maximum atomic E-state index is 13.7. The molecule has 0 fully saturated rings. The molecule has 1 aliphatic rings. The third kappa shape index (κ3) is 4.32. The van der Waals surface area contributed by atoms with Crippen molar-refractivity contribution in [3.05, 3.63) is 47.2 Å². The Morgan fingerprint density at radius 3 is 2.63 bits per heavy atom. The summed E-state index contributed by atoms with van der Waals surface area (Å²) in [6, 6.07) is 7.89. The van der Waals surface area contributed by atoms with Crippen molar-refractivity contribution in [2.45, 2.75) is 4.90 Å². The first-order valence-electron chi connectivity index (χ1n) is 7.88. The monoisotopic (exact) mass is 414 g/mol. The van der Waals surface area contributed by atoms with Gasteiger partial charge >= 0.3 is 0 Å². The molecule has 1 heterocycles. The number of carbonyl (C=O) groups is 1. The minimum atomic E-state index is -3.96. The minimum absolute atomic E-state index is 0.0454. The van der Waals surface area contributed by atoms with Crippen molar-refractivity contribution in [2.75, 3.05) is 32.1 Å². The summed E-state index contributed by atoms with van der Waals surface area (Å²) < 4.78 is 50.7. The number of hydrogen-bond donors (Lipinski definition) is 1. The fraction of sp³-hybridized carbons (Fsp3) is 0.235. The third-order valence-corrected chi connectivity index (χ3v) is 5.83. The first-order chi connectivity index (χ1) is 12.8. The van der Waals surface area contributed by atoms with E-state index in [0.29, 0.717) is 24.7 Å². The average molecular weight is 415 g/mol. The van der Waals surface area contributed by atoms with Crippen LogP contribution in [0, 0.1) is 5.82 Å². The van der Waals surface area contributed by atoms with Gasteiger partial charge in [-0.1, -0.05) is 11.6 Å². The fourth-order valence-corrected chi connectivity index (χ4v) is 3.75. The van der Waals surface area contributed by atoms with Gasteiger partial charge in [0, 0.05) is 18.1 Å². The number of halogens is 2. The van der Waals surface area contributed by atoms with Gasteiger partial charge in [0.2, 0.25) is 15.9 Å². The third-order valence-electron chi connectivity index (χ3n) is 3.79. The number of amides is 1. The van der Waals surface area contributed by atoms with Gasteiger partial charge in [-0.15, -0.1) is 0 Å². The summed E-state index contributed by atoms with van der Waals surface area (Å²) in [5.74, 6) is -0.608. The molecule has 1 amide bonds. The van der Waals surface area contributed by atoms with Crippen molar-refractivity contribution < 1.29 is 27.1 Å². The van der Waals surface area contributed by atoms with E-state index in [-0.39, 0.29) is 15.6 Å². The molecule has 0 saturated carbocycles. The number of fused-ring (bicyclic) bond motifs is 1. The van der Waals surface area contributed by atoms with E-state index in [1.54, 1.807) is 0 Å². The van der Waals surface area contributed by atoms with Gasteiger partial charge in [-0.2, -0.15) is 4.31 Å². The Bertz CT molecular complexity index is 983. The lowest BCUT2D eigenvalue weighted by Gasteiger charge is -2.21.